The SMILES string of the molecule is CC/C(Oc1cccc(N(CC)CC)c1)=C(/c1ccccc1C(=O)N=C(N)N)N(CC)CC. The Bertz CT molecular complexity index is 988. The van der Waals surface area contributed by atoms with Crippen molar-refractivity contribution in [1.82, 2.24) is 4.90 Å². The van der Waals surface area contributed by atoms with Crippen LogP contribution in [0.25, 0.3) is 5.70 Å². The number of hydrogen-bond donors (Lipinski definition) is 2. The molecule has 0 heterocycles. The van der Waals surface area contributed by atoms with Gasteiger partial charge in [0.05, 0.1) is 11.3 Å². The maximum absolute atomic E-state index is 12.8. The van der Waals surface area contributed by atoms with E-state index in [2.05, 4.69) is 54.6 Å². The van der Waals surface area contributed by atoms with Crippen LogP contribution in [0.15, 0.2) is 59.3 Å². The molecule has 33 heavy (non-hydrogen) atoms. The summed E-state index contributed by atoms with van der Waals surface area (Å²) >= 11 is 0. The van der Waals surface area contributed by atoms with Gasteiger partial charge in [0.2, 0.25) is 0 Å². The van der Waals surface area contributed by atoms with Gasteiger partial charge >= 0.3 is 0 Å². The van der Waals surface area contributed by atoms with Gasteiger partial charge in [-0.15, -0.1) is 0 Å². The van der Waals surface area contributed by atoms with Crippen LogP contribution in [0.1, 0.15) is 57.0 Å². The number of allylic oxidation sites excluding steroid dienone is 1. The quantitative estimate of drug-likeness (QED) is 0.298. The molecule has 0 aliphatic carbocycles. The van der Waals surface area contributed by atoms with E-state index in [1.54, 1.807) is 12.1 Å². The van der Waals surface area contributed by atoms with Gasteiger partial charge in [0.1, 0.15) is 11.5 Å². The van der Waals surface area contributed by atoms with Gasteiger partial charge in [-0.3, -0.25) is 4.79 Å². The van der Waals surface area contributed by atoms with Gasteiger partial charge in [0.25, 0.3) is 5.91 Å². The minimum Gasteiger partial charge on any atom is -0.459 e. The van der Waals surface area contributed by atoms with Crippen molar-refractivity contribution in [2.45, 2.75) is 41.0 Å². The summed E-state index contributed by atoms with van der Waals surface area (Å²) in [4.78, 5) is 21.0. The molecule has 0 spiro atoms. The number of amides is 1. The zero-order valence-electron chi connectivity index (χ0n) is 20.5. The largest absolute Gasteiger partial charge is 0.459 e. The topological polar surface area (TPSA) is 97.2 Å². The molecule has 2 aromatic rings. The van der Waals surface area contributed by atoms with E-state index in [1.807, 2.05) is 31.2 Å². The number of nitrogens with zero attached hydrogens (tertiary/aromatic N) is 3. The number of carbonyl (C=O) groups excluding carboxylic acids is 1. The summed E-state index contributed by atoms with van der Waals surface area (Å²) in [6.45, 7) is 13.8. The summed E-state index contributed by atoms with van der Waals surface area (Å²) < 4.78 is 6.48. The highest BCUT2D eigenvalue weighted by atomic mass is 16.5. The Morgan fingerprint density at radius 3 is 2.06 bits per heavy atom. The summed E-state index contributed by atoms with van der Waals surface area (Å²) in [6, 6.07) is 15.5. The molecule has 2 aromatic carbocycles. The van der Waals surface area contributed by atoms with Crippen LogP contribution in [0.3, 0.4) is 0 Å². The summed E-state index contributed by atoms with van der Waals surface area (Å²) in [7, 11) is 0. The first-order valence-corrected chi connectivity index (χ1v) is 11.6. The Labute approximate surface area is 197 Å². The Morgan fingerprint density at radius 1 is 0.879 bits per heavy atom. The molecule has 0 aliphatic heterocycles. The first-order valence-electron chi connectivity index (χ1n) is 11.6. The third-order valence-electron chi connectivity index (χ3n) is 5.50. The number of carbonyl (C=O) groups is 1. The Morgan fingerprint density at radius 2 is 1.52 bits per heavy atom. The molecule has 0 radical (unpaired) electrons. The normalized spacial score (nSPS) is 11.4. The van der Waals surface area contributed by atoms with Gasteiger partial charge < -0.3 is 26.0 Å². The first kappa shape index (κ1) is 25.8. The van der Waals surface area contributed by atoms with Gasteiger partial charge in [-0.05, 0) is 45.9 Å². The summed E-state index contributed by atoms with van der Waals surface area (Å²) in [5.74, 6) is 0.798. The number of aliphatic imine (C=N–C) groups is 1. The van der Waals surface area contributed by atoms with Crippen LogP contribution < -0.4 is 21.1 Å². The highest BCUT2D eigenvalue weighted by Gasteiger charge is 2.22. The summed E-state index contributed by atoms with van der Waals surface area (Å²) in [5.41, 5.74) is 14.1. The van der Waals surface area contributed by atoms with E-state index in [4.69, 9.17) is 16.2 Å². The minimum absolute atomic E-state index is 0.261. The Kier molecular flexibility index (Phi) is 9.79. The lowest BCUT2D eigenvalue weighted by Crippen LogP contribution is -2.26. The molecule has 0 saturated heterocycles. The number of anilines is 1. The zero-order valence-corrected chi connectivity index (χ0v) is 20.5. The molecule has 178 valence electrons. The van der Waals surface area contributed by atoms with Crippen molar-refractivity contribution >= 4 is 23.3 Å². The smallest absolute Gasteiger partial charge is 0.280 e. The second kappa shape index (κ2) is 12.5. The zero-order chi connectivity index (χ0) is 24.4. The van der Waals surface area contributed by atoms with Gasteiger partial charge in [0, 0.05) is 49.9 Å². The lowest BCUT2D eigenvalue weighted by molar-refractivity contribution is 0.100. The van der Waals surface area contributed by atoms with Gasteiger partial charge in [-0.1, -0.05) is 31.2 Å². The van der Waals surface area contributed by atoms with Gasteiger partial charge in [0.15, 0.2) is 5.96 Å². The summed E-state index contributed by atoms with van der Waals surface area (Å²) in [5, 5.41) is 0. The lowest BCUT2D eigenvalue weighted by Gasteiger charge is -2.29. The monoisotopic (exact) mass is 451 g/mol. The van der Waals surface area contributed by atoms with E-state index in [0.717, 1.165) is 54.6 Å². The van der Waals surface area contributed by atoms with Crippen molar-refractivity contribution in [2.24, 2.45) is 16.5 Å². The van der Waals surface area contributed by atoms with E-state index < -0.39 is 5.91 Å². The fourth-order valence-electron chi connectivity index (χ4n) is 3.85. The fourth-order valence-corrected chi connectivity index (χ4v) is 3.85. The molecule has 2 rings (SSSR count). The van der Waals surface area contributed by atoms with E-state index in [1.165, 1.54) is 0 Å². The van der Waals surface area contributed by atoms with Gasteiger partial charge in [-0.2, -0.15) is 4.99 Å². The third-order valence-corrected chi connectivity index (χ3v) is 5.50. The average molecular weight is 452 g/mol. The fraction of sp³-hybridized carbons (Fsp3) is 0.385. The molecule has 7 nitrogen and oxygen atoms in total. The van der Waals surface area contributed by atoms with Crippen LogP contribution in [0.5, 0.6) is 5.75 Å². The van der Waals surface area contributed by atoms with E-state index >= 15 is 0 Å². The standard InChI is InChI=1S/C26H37N5O2/c1-6-23(33-20-15-13-14-19(18-20)30(7-2)8-3)24(31(9-4)10-5)21-16-11-12-17-22(21)25(32)29-26(27)28/h11-18H,6-10H2,1-5H3,(H4,27,28,29,32)/b24-23+. The summed E-state index contributed by atoms with van der Waals surface area (Å²) in [6.07, 6.45) is 0.645. The molecule has 0 bridgehead atoms. The Balaban J connectivity index is 2.66. The number of nitrogens with two attached hydrogens (primary N) is 2. The second-order valence-electron chi connectivity index (χ2n) is 7.46. The molecule has 0 atom stereocenters. The number of rotatable bonds is 11. The molecule has 4 N–H and O–H groups in total. The lowest BCUT2D eigenvalue weighted by atomic mass is 10.0. The van der Waals surface area contributed by atoms with Crippen molar-refractivity contribution in [2.75, 3.05) is 31.1 Å². The van der Waals surface area contributed by atoms with Crippen LogP contribution in [-0.4, -0.2) is 42.9 Å². The molecule has 7 heteroatoms. The number of benzene rings is 2. The molecular weight excluding hydrogens is 414 g/mol. The second-order valence-corrected chi connectivity index (χ2v) is 7.46. The van der Waals surface area contributed by atoms with Crippen molar-refractivity contribution in [1.29, 1.82) is 0 Å². The van der Waals surface area contributed by atoms with Crippen molar-refractivity contribution in [3.63, 3.8) is 0 Å². The molecule has 0 aliphatic rings. The maximum Gasteiger partial charge on any atom is 0.280 e. The predicted octanol–water partition coefficient (Wildman–Crippen LogP) is 4.45. The van der Waals surface area contributed by atoms with E-state index in [0.29, 0.717) is 12.0 Å². The predicted molar refractivity (Wildman–Crippen MR) is 137 cm³/mol. The van der Waals surface area contributed by atoms with E-state index in [-0.39, 0.29) is 5.96 Å². The molecule has 0 fully saturated rings. The van der Waals surface area contributed by atoms with E-state index in [9.17, 15) is 4.79 Å². The van der Waals surface area contributed by atoms with Crippen molar-refractivity contribution in [3.8, 4) is 5.75 Å². The molecule has 1 amide bonds. The van der Waals surface area contributed by atoms with Crippen LogP contribution in [0.2, 0.25) is 0 Å². The Hall–Kier alpha value is -3.48. The van der Waals surface area contributed by atoms with Crippen LogP contribution in [-0.2, 0) is 0 Å². The minimum atomic E-state index is -0.478. The highest BCUT2D eigenvalue weighted by Crippen LogP contribution is 2.31. The van der Waals surface area contributed by atoms with Gasteiger partial charge in [-0.25, -0.2) is 0 Å². The van der Waals surface area contributed by atoms with Crippen LogP contribution >= 0.6 is 0 Å². The number of ether oxygens (including phenoxy) is 1. The molecular formula is C26H37N5O2. The maximum atomic E-state index is 12.8. The first-order chi connectivity index (χ1) is 15.9. The highest BCUT2D eigenvalue weighted by molar-refractivity contribution is 6.05. The van der Waals surface area contributed by atoms with Crippen LogP contribution in [0, 0.1) is 0 Å². The molecule has 0 aromatic heterocycles. The van der Waals surface area contributed by atoms with Crippen molar-refractivity contribution in [3.05, 3.63) is 65.4 Å². The average Bonchev–Trinajstić information content (AvgIpc) is 2.82. The number of guanidine groups is 1. The van der Waals surface area contributed by atoms with Crippen LogP contribution in [0.4, 0.5) is 5.69 Å². The molecule has 0 unspecified atom stereocenters. The number of hydrogen-bond acceptors (Lipinski definition) is 4. The third kappa shape index (κ3) is 6.51. The molecule has 0 saturated carbocycles. The van der Waals surface area contributed by atoms with Crippen molar-refractivity contribution < 1.29 is 9.53 Å².